The minimum absolute atomic E-state index is 0.147. The number of hydrogen-bond acceptors (Lipinski definition) is 2. The highest BCUT2D eigenvalue weighted by atomic mass is 32.2. The third-order valence-electron chi connectivity index (χ3n) is 0.920. The molecular formula is C6H11O2S-. The third-order valence-corrected chi connectivity index (χ3v) is 1.72. The zero-order valence-electron chi connectivity index (χ0n) is 5.66. The van der Waals surface area contributed by atoms with Crippen molar-refractivity contribution in [2.24, 2.45) is 5.92 Å². The lowest BCUT2D eigenvalue weighted by Gasteiger charge is -2.07. The molecule has 3 heteroatoms. The van der Waals surface area contributed by atoms with E-state index in [0.29, 0.717) is 0 Å². The van der Waals surface area contributed by atoms with E-state index in [9.17, 15) is 8.76 Å². The molecule has 0 aliphatic heterocycles. The third kappa shape index (κ3) is 5.73. The zero-order valence-corrected chi connectivity index (χ0v) is 6.48. The van der Waals surface area contributed by atoms with Gasteiger partial charge in [0, 0.05) is 5.75 Å². The molecule has 0 saturated heterocycles. The minimum atomic E-state index is -1.90. The maximum Gasteiger partial charge on any atom is 0.0162 e. The fourth-order valence-electron chi connectivity index (χ4n) is 0.599. The quantitative estimate of drug-likeness (QED) is 0.442. The predicted octanol–water partition coefficient (Wildman–Crippen LogP) is 1.08. The molecule has 0 aromatic heterocycles. The van der Waals surface area contributed by atoms with Crippen molar-refractivity contribution in [2.75, 3.05) is 5.75 Å². The van der Waals surface area contributed by atoms with Gasteiger partial charge in [-0.2, -0.15) is 0 Å². The van der Waals surface area contributed by atoms with Crippen LogP contribution in [-0.4, -0.2) is 14.5 Å². The molecule has 0 aliphatic carbocycles. The van der Waals surface area contributed by atoms with Crippen molar-refractivity contribution >= 4 is 11.1 Å². The second kappa shape index (κ2) is 4.70. The molecule has 2 atom stereocenters. The number of hydrogen-bond donors (Lipinski definition) is 0. The van der Waals surface area contributed by atoms with Crippen LogP contribution in [-0.2, 0) is 11.1 Å². The van der Waals surface area contributed by atoms with Crippen molar-refractivity contribution in [1.29, 1.82) is 0 Å². The standard InChI is InChI=1S/C6H12O2S/c1-3-4-6(2)5-9(7)8/h3-4,6H,5H2,1-2H3,(H,7,8)/p-1. The molecule has 0 amide bonds. The van der Waals surface area contributed by atoms with Crippen molar-refractivity contribution in [3.8, 4) is 0 Å². The molecule has 0 radical (unpaired) electrons. The molecule has 0 N–H and O–H groups in total. The molecule has 2 unspecified atom stereocenters. The van der Waals surface area contributed by atoms with Gasteiger partial charge in [0.25, 0.3) is 0 Å². The van der Waals surface area contributed by atoms with Gasteiger partial charge < -0.3 is 4.55 Å². The van der Waals surface area contributed by atoms with Crippen molar-refractivity contribution in [1.82, 2.24) is 0 Å². The fraction of sp³-hybridized carbons (Fsp3) is 0.667. The van der Waals surface area contributed by atoms with Gasteiger partial charge in [-0.25, -0.2) is 0 Å². The van der Waals surface area contributed by atoms with E-state index in [2.05, 4.69) is 0 Å². The number of allylic oxidation sites excluding steroid dienone is 2. The minimum Gasteiger partial charge on any atom is -0.772 e. The van der Waals surface area contributed by atoms with Gasteiger partial charge in [-0.05, 0) is 12.8 Å². The summed E-state index contributed by atoms with van der Waals surface area (Å²) in [6.45, 7) is 3.75. The summed E-state index contributed by atoms with van der Waals surface area (Å²) in [6.07, 6.45) is 3.73. The van der Waals surface area contributed by atoms with Gasteiger partial charge in [-0.1, -0.05) is 30.2 Å². The van der Waals surface area contributed by atoms with Gasteiger partial charge in [0.15, 0.2) is 0 Å². The molecule has 0 heterocycles. The highest BCUT2D eigenvalue weighted by Crippen LogP contribution is 1.97. The first-order chi connectivity index (χ1) is 4.16. The van der Waals surface area contributed by atoms with Crippen LogP contribution in [0.2, 0.25) is 0 Å². The maximum absolute atomic E-state index is 10.1. The van der Waals surface area contributed by atoms with Gasteiger partial charge in [0.2, 0.25) is 0 Å². The van der Waals surface area contributed by atoms with E-state index in [1.165, 1.54) is 0 Å². The Morgan fingerprint density at radius 1 is 1.78 bits per heavy atom. The Balaban J connectivity index is 3.50. The van der Waals surface area contributed by atoms with E-state index < -0.39 is 11.1 Å². The largest absolute Gasteiger partial charge is 0.772 e. The highest BCUT2D eigenvalue weighted by Gasteiger charge is 1.93. The Hall–Kier alpha value is -0.150. The van der Waals surface area contributed by atoms with E-state index in [-0.39, 0.29) is 11.7 Å². The molecule has 2 nitrogen and oxygen atoms in total. The molecular weight excluding hydrogens is 136 g/mol. The first-order valence-electron chi connectivity index (χ1n) is 2.85. The molecule has 0 rings (SSSR count). The normalized spacial score (nSPS) is 18.1. The van der Waals surface area contributed by atoms with Crippen LogP contribution in [0, 0.1) is 5.92 Å². The fourth-order valence-corrected chi connectivity index (χ4v) is 1.14. The summed E-state index contributed by atoms with van der Waals surface area (Å²) in [5.41, 5.74) is 0. The maximum atomic E-state index is 10.1. The van der Waals surface area contributed by atoms with Crippen molar-refractivity contribution in [2.45, 2.75) is 13.8 Å². The number of rotatable bonds is 3. The zero-order chi connectivity index (χ0) is 7.28. The molecule has 0 aromatic carbocycles. The summed E-state index contributed by atoms with van der Waals surface area (Å²) in [6, 6.07) is 0. The summed E-state index contributed by atoms with van der Waals surface area (Å²) in [7, 11) is 0. The van der Waals surface area contributed by atoms with E-state index in [0.717, 1.165) is 0 Å². The van der Waals surface area contributed by atoms with Crippen LogP contribution in [0.4, 0.5) is 0 Å². The van der Waals surface area contributed by atoms with E-state index >= 15 is 0 Å². The summed E-state index contributed by atoms with van der Waals surface area (Å²) < 4.78 is 20.1. The average molecular weight is 147 g/mol. The van der Waals surface area contributed by atoms with Gasteiger partial charge >= 0.3 is 0 Å². The van der Waals surface area contributed by atoms with Crippen molar-refractivity contribution in [3.63, 3.8) is 0 Å². The second-order valence-corrected chi connectivity index (χ2v) is 2.91. The summed E-state index contributed by atoms with van der Waals surface area (Å²) in [4.78, 5) is 0. The average Bonchev–Trinajstić information content (AvgIpc) is 1.63. The summed E-state index contributed by atoms with van der Waals surface area (Å²) in [5, 5.41) is 0. The van der Waals surface area contributed by atoms with Crippen LogP contribution in [0.1, 0.15) is 13.8 Å². The van der Waals surface area contributed by atoms with Crippen molar-refractivity contribution < 1.29 is 8.76 Å². The summed E-state index contributed by atoms with van der Waals surface area (Å²) in [5.74, 6) is 0.373. The lowest BCUT2D eigenvalue weighted by molar-refractivity contribution is 0.530. The Morgan fingerprint density at radius 2 is 2.33 bits per heavy atom. The van der Waals surface area contributed by atoms with Gasteiger partial charge in [0.05, 0.1) is 0 Å². The van der Waals surface area contributed by atoms with Crippen molar-refractivity contribution in [3.05, 3.63) is 12.2 Å². The molecule has 0 saturated carbocycles. The molecule has 0 bridgehead atoms. The molecule has 0 spiro atoms. The lowest BCUT2D eigenvalue weighted by atomic mass is 10.2. The molecule has 0 fully saturated rings. The predicted molar refractivity (Wildman–Crippen MR) is 37.8 cm³/mol. The van der Waals surface area contributed by atoms with Crippen LogP contribution in [0.25, 0.3) is 0 Å². The smallest absolute Gasteiger partial charge is 0.0162 e. The molecule has 54 valence electrons. The van der Waals surface area contributed by atoms with Gasteiger partial charge in [0.1, 0.15) is 0 Å². The van der Waals surface area contributed by atoms with Gasteiger partial charge in [-0.3, -0.25) is 4.21 Å². The first-order valence-corrected chi connectivity index (χ1v) is 4.10. The van der Waals surface area contributed by atoms with E-state index in [4.69, 9.17) is 0 Å². The van der Waals surface area contributed by atoms with E-state index in [1.54, 1.807) is 0 Å². The Bertz CT molecular complexity index is 120. The Labute approximate surface area is 58.3 Å². The van der Waals surface area contributed by atoms with Crippen LogP contribution < -0.4 is 0 Å². The Kier molecular flexibility index (Phi) is 4.62. The lowest BCUT2D eigenvalue weighted by Crippen LogP contribution is -2.03. The molecule has 0 aliphatic rings. The van der Waals surface area contributed by atoms with E-state index in [1.807, 2.05) is 26.0 Å². The van der Waals surface area contributed by atoms with Gasteiger partial charge in [-0.15, -0.1) is 0 Å². The second-order valence-electron chi connectivity index (χ2n) is 1.97. The Morgan fingerprint density at radius 3 is 2.67 bits per heavy atom. The van der Waals surface area contributed by atoms with Crippen LogP contribution in [0.5, 0.6) is 0 Å². The monoisotopic (exact) mass is 147 g/mol. The topological polar surface area (TPSA) is 40.1 Å². The molecule has 0 aromatic rings. The van der Waals surface area contributed by atoms with Crippen LogP contribution in [0.15, 0.2) is 12.2 Å². The SMILES string of the molecule is CC=CC(C)CS(=O)[O-]. The van der Waals surface area contributed by atoms with Crippen LogP contribution in [0.3, 0.4) is 0 Å². The van der Waals surface area contributed by atoms with Crippen LogP contribution >= 0.6 is 0 Å². The first kappa shape index (κ1) is 8.85. The summed E-state index contributed by atoms with van der Waals surface area (Å²) >= 11 is -1.90. The molecule has 9 heavy (non-hydrogen) atoms. The highest BCUT2D eigenvalue weighted by molar-refractivity contribution is 7.79.